The number of piperazine rings is 1. The molecule has 2 amide bonds. The van der Waals surface area contributed by atoms with Crippen molar-refractivity contribution in [3.8, 4) is 0 Å². The predicted octanol–water partition coefficient (Wildman–Crippen LogP) is 2.88. The molecule has 2 aromatic carbocycles. The van der Waals surface area contributed by atoms with Crippen molar-refractivity contribution >= 4 is 33.2 Å². The topological polar surface area (TPSA) is 90.0 Å². The largest absolute Gasteiger partial charge is 0.369 e. The van der Waals surface area contributed by atoms with Gasteiger partial charge in [-0.2, -0.15) is 4.31 Å². The van der Waals surface area contributed by atoms with Crippen LogP contribution in [0, 0.1) is 0 Å². The standard InChI is InChI=1S/C24H30N4O4S/c1-3-11-25-24(30)28-12-10-20-17-22(8-9-23(20)28)33(31,32)27-15-13-26(14-16-27)21-6-4-19(5-7-21)18(2)29/h4-9,17H,3,10-16H2,1-2H3,(H,25,30). The summed E-state index contributed by atoms with van der Waals surface area (Å²) in [5, 5.41) is 2.88. The van der Waals surface area contributed by atoms with Gasteiger partial charge < -0.3 is 10.2 Å². The number of amides is 2. The highest BCUT2D eigenvalue weighted by Gasteiger charge is 2.31. The van der Waals surface area contributed by atoms with E-state index in [2.05, 4.69) is 10.2 Å². The molecule has 2 aliphatic rings. The van der Waals surface area contributed by atoms with Crippen LogP contribution in [0.4, 0.5) is 16.2 Å². The summed E-state index contributed by atoms with van der Waals surface area (Å²) in [7, 11) is -3.62. The molecule has 0 aliphatic carbocycles. The number of fused-ring (bicyclic) bond motifs is 1. The monoisotopic (exact) mass is 470 g/mol. The molecule has 1 fully saturated rings. The number of anilines is 2. The van der Waals surface area contributed by atoms with E-state index in [4.69, 9.17) is 0 Å². The lowest BCUT2D eigenvalue weighted by Crippen LogP contribution is -2.48. The highest BCUT2D eigenvalue weighted by molar-refractivity contribution is 7.89. The first kappa shape index (κ1) is 23.3. The summed E-state index contributed by atoms with van der Waals surface area (Å²) in [4.78, 5) is 27.9. The molecule has 1 saturated heterocycles. The molecule has 0 bridgehead atoms. The Labute approximate surface area is 195 Å². The van der Waals surface area contributed by atoms with Gasteiger partial charge in [0.15, 0.2) is 5.78 Å². The minimum Gasteiger partial charge on any atom is -0.369 e. The van der Waals surface area contributed by atoms with Crippen LogP contribution < -0.4 is 15.1 Å². The van der Waals surface area contributed by atoms with Gasteiger partial charge in [0.2, 0.25) is 10.0 Å². The fraction of sp³-hybridized carbons (Fsp3) is 0.417. The van der Waals surface area contributed by atoms with Crippen LogP contribution in [-0.4, -0.2) is 63.8 Å². The van der Waals surface area contributed by atoms with E-state index in [9.17, 15) is 18.0 Å². The van der Waals surface area contributed by atoms with Gasteiger partial charge in [-0.1, -0.05) is 6.92 Å². The maximum Gasteiger partial charge on any atom is 0.321 e. The number of urea groups is 1. The molecule has 0 unspecified atom stereocenters. The summed E-state index contributed by atoms with van der Waals surface area (Å²) >= 11 is 0. The number of hydrogen-bond acceptors (Lipinski definition) is 5. The summed E-state index contributed by atoms with van der Waals surface area (Å²) in [6, 6.07) is 12.3. The Morgan fingerprint density at radius 2 is 1.67 bits per heavy atom. The number of benzene rings is 2. The van der Waals surface area contributed by atoms with Gasteiger partial charge in [0.05, 0.1) is 4.90 Å². The summed E-state index contributed by atoms with van der Waals surface area (Å²) < 4.78 is 28.1. The third kappa shape index (κ3) is 4.74. The summed E-state index contributed by atoms with van der Waals surface area (Å²) in [6.07, 6.45) is 1.50. The zero-order valence-corrected chi connectivity index (χ0v) is 19.9. The number of hydrogen-bond donors (Lipinski definition) is 1. The number of rotatable bonds is 6. The Morgan fingerprint density at radius 1 is 0.970 bits per heavy atom. The Bertz CT molecular complexity index is 1140. The van der Waals surface area contributed by atoms with Crippen molar-refractivity contribution in [2.24, 2.45) is 0 Å². The van der Waals surface area contributed by atoms with Crippen molar-refractivity contribution in [1.29, 1.82) is 0 Å². The van der Waals surface area contributed by atoms with Crippen LogP contribution in [0.2, 0.25) is 0 Å². The van der Waals surface area contributed by atoms with Crippen molar-refractivity contribution in [3.05, 3.63) is 53.6 Å². The molecular weight excluding hydrogens is 440 g/mol. The third-order valence-corrected chi connectivity index (χ3v) is 8.13. The lowest BCUT2D eigenvalue weighted by atomic mass is 10.1. The number of sulfonamides is 1. The number of carbonyl (C=O) groups is 2. The van der Waals surface area contributed by atoms with E-state index in [0.717, 1.165) is 23.4 Å². The lowest BCUT2D eigenvalue weighted by molar-refractivity contribution is 0.101. The molecule has 0 saturated carbocycles. The van der Waals surface area contributed by atoms with Crippen LogP contribution >= 0.6 is 0 Å². The van der Waals surface area contributed by atoms with Crippen LogP contribution in [0.5, 0.6) is 0 Å². The van der Waals surface area contributed by atoms with Crippen molar-refractivity contribution in [2.45, 2.75) is 31.6 Å². The predicted molar refractivity (Wildman–Crippen MR) is 129 cm³/mol. The minimum atomic E-state index is -3.62. The normalized spacial score (nSPS) is 16.5. The van der Waals surface area contributed by atoms with Crippen molar-refractivity contribution < 1.29 is 18.0 Å². The van der Waals surface area contributed by atoms with Crippen molar-refractivity contribution in [3.63, 3.8) is 0 Å². The molecule has 2 heterocycles. The van der Waals surface area contributed by atoms with E-state index >= 15 is 0 Å². The number of carbonyl (C=O) groups excluding carboxylic acids is 2. The van der Waals surface area contributed by atoms with Gasteiger partial charge in [-0.15, -0.1) is 0 Å². The van der Waals surface area contributed by atoms with Gasteiger partial charge in [0.25, 0.3) is 0 Å². The van der Waals surface area contributed by atoms with Crippen molar-refractivity contribution in [2.75, 3.05) is 49.1 Å². The molecule has 0 spiro atoms. The molecule has 0 radical (unpaired) electrons. The van der Waals surface area contributed by atoms with Crippen LogP contribution in [-0.2, 0) is 16.4 Å². The van der Waals surface area contributed by atoms with E-state index in [-0.39, 0.29) is 16.7 Å². The summed E-state index contributed by atoms with van der Waals surface area (Å²) in [6.45, 7) is 6.64. The molecule has 0 aromatic heterocycles. The Morgan fingerprint density at radius 3 is 2.30 bits per heavy atom. The fourth-order valence-corrected chi connectivity index (χ4v) is 5.79. The number of Topliss-reactive ketones (excluding diaryl/α,β-unsaturated/α-hetero) is 1. The van der Waals surface area contributed by atoms with Gasteiger partial charge in [-0.25, -0.2) is 13.2 Å². The number of nitrogens with zero attached hydrogens (tertiary/aromatic N) is 3. The molecule has 1 N–H and O–H groups in total. The smallest absolute Gasteiger partial charge is 0.321 e. The molecule has 8 nitrogen and oxygen atoms in total. The second kappa shape index (κ2) is 9.52. The highest BCUT2D eigenvalue weighted by Crippen LogP contribution is 2.31. The zero-order chi connectivity index (χ0) is 23.6. The first-order valence-electron chi connectivity index (χ1n) is 11.4. The average Bonchev–Trinajstić information content (AvgIpc) is 3.26. The maximum absolute atomic E-state index is 13.3. The maximum atomic E-state index is 13.3. The molecular formula is C24H30N4O4S. The second-order valence-electron chi connectivity index (χ2n) is 8.42. The molecule has 0 atom stereocenters. The molecule has 9 heteroatoms. The van der Waals surface area contributed by atoms with Gasteiger partial charge in [0.1, 0.15) is 0 Å². The molecule has 2 aliphatic heterocycles. The van der Waals surface area contributed by atoms with E-state index in [1.54, 1.807) is 35.2 Å². The Balaban J connectivity index is 1.43. The van der Waals surface area contributed by atoms with Crippen molar-refractivity contribution in [1.82, 2.24) is 9.62 Å². The molecule has 33 heavy (non-hydrogen) atoms. The first-order valence-corrected chi connectivity index (χ1v) is 12.8. The van der Waals surface area contributed by atoms with E-state index in [1.165, 1.54) is 11.2 Å². The second-order valence-corrected chi connectivity index (χ2v) is 10.4. The number of nitrogens with one attached hydrogen (secondary N) is 1. The highest BCUT2D eigenvalue weighted by atomic mass is 32.2. The Hall–Kier alpha value is -2.91. The Kier molecular flexibility index (Phi) is 6.71. The SMILES string of the molecule is CCCNC(=O)N1CCc2cc(S(=O)(=O)N3CCN(c4ccc(C(C)=O)cc4)CC3)ccc21. The lowest BCUT2D eigenvalue weighted by Gasteiger charge is -2.35. The quantitative estimate of drug-likeness (QED) is 0.656. The van der Waals surface area contributed by atoms with E-state index in [0.29, 0.717) is 51.3 Å². The molecule has 2 aromatic rings. The average molecular weight is 471 g/mol. The molecule has 176 valence electrons. The summed E-state index contributed by atoms with van der Waals surface area (Å²) in [5.74, 6) is 0.0246. The van der Waals surface area contributed by atoms with Crippen LogP contribution in [0.1, 0.15) is 36.2 Å². The van der Waals surface area contributed by atoms with Gasteiger partial charge in [-0.05, 0) is 67.8 Å². The van der Waals surface area contributed by atoms with Gasteiger partial charge in [0, 0.05) is 56.2 Å². The van der Waals surface area contributed by atoms with Crippen LogP contribution in [0.25, 0.3) is 0 Å². The molecule has 4 rings (SSSR count). The fourth-order valence-electron chi connectivity index (χ4n) is 4.32. The third-order valence-electron chi connectivity index (χ3n) is 6.23. The van der Waals surface area contributed by atoms with E-state index in [1.807, 2.05) is 19.1 Å². The zero-order valence-electron chi connectivity index (χ0n) is 19.1. The number of ketones is 1. The van der Waals surface area contributed by atoms with Gasteiger partial charge >= 0.3 is 6.03 Å². The van der Waals surface area contributed by atoms with Crippen LogP contribution in [0.3, 0.4) is 0 Å². The minimum absolute atomic E-state index is 0.0246. The van der Waals surface area contributed by atoms with Gasteiger partial charge in [-0.3, -0.25) is 9.69 Å². The summed E-state index contributed by atoms with van der Waals surface area (Å²) in [5.41, 5.74) is 3.31. The van der Waals surface area contributed by atoms with E-state index < -0.39 is 10.0 Å². The van der Waals surface area contributed by atoms with Crippen LogP contribution in [0.15, 0.2) is 47.4 Å². The first-order chi connectivity index (χ1) is 15.8.